The Morgan fingerprint density at radius 3 is 2.54 bits per heavy atom. The van der Waals surface area contributed by atoms with Gasteiger partial charge in [0.1, 0.15) is 10.9 Å². The number of allylic oxidation sites excluding steroid dienone is 2. The lowest BCUT2D eigenvalue weighted by Crippen LogP contribution is -2.44. The highest BCUT2D eigenvalue weighted by Crippen LogP contribution is 2.36. The van der Waals surface area contributed by atoms with E-state index < -0.39 is 17.5 Å². The lowest BCUT2D eigenvalue weighted by Gasteiger charge is -2.27. The molecule has 2 N–H and O–H groups in total. The highest BCUT2D eigenvalue weighted by Gasteiger charge is 2.30. The second-order valence-corrected chi connectivity index (χ2v) is 10.1. The maximum atomic E-state index is 13.5. The van der Waals surface area contributed by atoms with Crippen molar-refractivity contribution < 1.29 is 13.7 Å². The van der Waals surface area contributed by atoms with Gasteiger partial charge in [-0.1, -0.05) is 30.4 Å². The fraction of sp³-hybridized carbons (Fsp3) is 0.550. The Morgan fingerprint density at radius 1 is 1.19 bits per heavy atom. The van der Waals surface area contributed by atoms with E-state index in [0.717, 1.165) is 11.1 Å². The van der Waals surface area contributed by atoms with Gasteiger partial charge in [-0.05, 0) is 44.8 Å². The largest absolute Gasteiger partial charge is 0.598 e. The highest BCUT2D eigenvalue weighted by atomic mass is 32.2. The number of alkyl halides is 1. The normalized spacial score (nSPS) is 29.4. The lowest BCUT2D eigenvalue weighted by atomic mass is 9.96. The average molecular weight is 379 g/mol. The maximum Gasteiger partial charge on any atom is 0.251 e. The summed E-state index contributed by atoms with van der Waals surface area (Å²) in [6.07, 6.45) is 11.1. The van der Waals surface area contributed by atoms with Gasteiger partial charge in [-0.2, -0.15) is 0 Å². The van der Waals surface area contributed by atoms with E-state index in [9.17, 15) is 13.7 Å². The number of amides is 1. The zero-order chi connectivity index (χ0) is 18.9. The van der Waals surface area contributed by atoms with Crippen LogP contribution >= 0.6 is 0 Å². The molecule has 0 heterocycles. The van der Waals surface area contributed by atoms with Crippen LogP contribution < -0.4 is 10.0 Å². The summed E-state index contributed by atoms with van der Waals surface area (Å²) in [4.78, 5) is 12.5. The summed E-state index contributed by atoms with van der Waals surface area (Å²) < 4.78 is 28.4. The zero-order valence-corrected chi connectivity index (χ0v) is 16.4. The first-order chi connectivity index (χ1) is 12.2. The quantitative estimate of drug-likeness (QED) is 0.739. The molecule has 1 saturated carbocycles. The molecule has 0 aromatic heterocycles. The highest BCUT2D eigenvalue weighted by molar-refractivity contribution is 7.90. The molecule has 3 aliphatic carbocycles. The summed E-state index contributed by atoms with van der Waals surface area (Å²) in [5.41, 5.74) is 2.75. The van der Waals surface area contributed by atoms with E-state index in [1.807, 2.05) is 45.1 Å². The van der Waals surface area contributed by atoms with Gasteiger partial charge in [-0.15, -0.1) is 4.72 Å². The number of nitrogens with one attached hydrogen (secondary N) is 2. The first-order valence-electron chi connectivity index (χ1n) is 9.14. The predicted octanol–water partition coefficient (Wildman–Crippen LogP) is 3.17. The van der Waals surface area contributed by atoms with Crippen molar-refractivity contribution in [3.05, 3.63) is 47.1 Å². The summed E-state index contributed by atoms with van der Waals surface area (Å²) in [6.45, 7) is 5.77. The Morgan fingerprint density at radius 2 is 1.88 bits per heavy atom. The van der Waals surface area contributed by atoms with Crippen LogP contribution in [0.15, 0.2) is 47.1 Å². The van der Waals surface area contributed by atoms with E-state index in [-0.39, 0.29) is 22.7 Å². The van der Waals surface area contributed by atoms with Gasteiger partial charge in [0.2, 0.25) is 0 Å². The zero-order valence-electron chi connectivity index (χ0n) is 15.5. The minimum absolute atomic E-state index is 0.0334. The molecule has 0 saturated heterocycles. The third-order valence-corrected chi connectivity index (χ3v) is 6.44. The molecule has 0 aromatic carbocycles. The van der Waals surface area contributed by atoms with Crippen LogP contribution in [0.4, 0.5) is 4.39 Å². The number of rotatable bonds is 4. The minimum Gasteiger partial charge on any atom is -0.598 e. The molecular weight excluding hydrogens is 351 g/mol. The van der Waals surface area contributed by atoms with Crippen molar-refractivity contribution in [2.75, 3.05) is 0 Å². The van der Waals surface area contributed by atoms with Crippen LogP contribution in [-0.4, -0.2) is 33.5 Å². The monoisotopic (exact) mass is 378 g/mol. The summed E-state index contributed by atoms with van der Waals surface area (Å²) in [5.74, 6) is -0.120. The van der Waals surface area contributed by atoms with Crippen LogP contribution in [0.25, 0.3) is 0 Å². The fourth-order valence-corrected chi connectivity index (χ4v) is 4.13. The van der Waals surface area contributed by atoms with E-state index in [1.165, 1.54) is 0 Å². The van der Waals surface area contributed by atoms with Crippen molar-refractivity contribution >= 4 is 17.3 Å². The topological polar surface area (TPSA) is 64.2 Å². The molecule has 3 rings (SSSR count). The number of fused-ring (bicyclic) bond motifs is 1. The number of carbonyl (C=O) groups is 1. The fourth-order valence-electron chi connectivity index (χ4n) is 3.32. The van der Waals surface area contributed by atoms with Crippen LogP contribution in [0.1, 0.15) is 46.5 Å². The van der Waals surface area contributed by atoms with Crippen molar-refractivity contribution in [2.45, 2.75) is 69.5 Å². The van der Waals surface area contributed by atoms with Crippen molar-refractivity contribution in [1.29, 1.82) is 0 Å². The van der Waals surface area contributed by atoms with Crippen LogP contribution in [0.2, 0.25) is 0 Å². The van der Waals surface area contributed by atoms with E-state index in [0.29, 0.717) is 31.3 Å². The summed E-state index contributed by atoms with van der Waals surface area (Å²) >= 11 is -1.14. The first-order valence-corrected chi connectivity index (χ1v) is 10.3. The number of hydrogen-bond donors (Lipinski definition) is 2. The summed E-state index contributed by atoms with van der Waals surface area (Å²) in [5, 5.41) is 3.01. The first kappa shape index (κ1) is 19.4. The van der Waals surface area contributed by atoms with Crippen molar-refractivity contribution in [1.82, 2.24) is 10.0 Å². The molecule has 6 heteroatoms. The SMILES string of the molecule is CC(C)(C)[S+]([O-])NC1C=CC(C(=O)NC2C=C3CC(F)CC3=CC2)=CC1. The third-order valence-electron chi connectivity index (χ3n) is 4.81. The predicted molar refractivity (Wildman–Crippen MR) is 104 cm³/mol. The van der Waals surface area contributed by atoms with Gasteiger partial charge < -0.3 is 9.87 Å². The summed E-state index contributed by atoms with van der Waals surface area (Å²) in [7, 11) is 0. The number of hydrogen-bond acceptors (Lipinski definition) is 3. The van der Waals surface area contributed by atoms with Crippen molar-refractivity contribution in [3.63, 3.8) is 0 Å². The molecule has 3 aliphatic rings. The van der Waals surface area contributed by atoms with Crippen molar-refractivity contribution in [3.8, 4) is 0 Å². The molecule has 26 heavy (non-hydrogen) atoms. The number of carbonyl (C=O) groups excluding carboxylic acids is 1. The smallest absolute Gasteiger partial charge is 0.251 e. The van der Waals surface area contributed by atoms with Crippen molar-refractivity contribution in [2.24, 2.45) is 0 Å². The third kappa shape index (κ3) is 4.67. The maximum absolute atomic E-state index is 13.5. The molecule has 1 amide bonds. The second-order valence-electron chi connectivity index (χ2n) is 8.10. The Labute approximate surface area is 158 Å². The number of halogens is 1. The molecular formula is C20H27FN2O2S. The molecule has 0 spiro atoms. The van der Waals surface area contributed by atoms with Gasteiger partial charge in [-0.3, -0.25) is 4.79 Å². The van der Waals surface area contributed by atoms with E-state index in [4.69, 9.17) is 0 Å². The molecule has 4 unspecified atom stereocenters. The molecule has 0 radical (unpaired) electrons. The van der Waals surface area contributed by atoms with Gasteiger partial charge in [0.05, 0.1) is 12.1 Å². The van der Waals surface area contributed by atoms with Crippen LogP contribution in [0, 0.1) is 0 Å². The minimum atomic E-state index is -1.14. The molecule has 0 aromatic rings. The molecule has 4 atom stereocenters. The van der Waals surface area contributed by atoms with E-state index in [1.54, 1.807) is 6.08 Å². The van der Waals surface area contributed by atoms with Gasteiger partial charge in [0.25, 0.3) is 5.91 Å². The van der Waals surface area contributed by atoms with E-state index in [2.05, 4.69) is 10.0 Å². The van der Waals surface area contributed by atoms with Gasteiger partial charge in [-0.25, -0.2) is 4.39 Å². The summed E-state index contributed by atoms with van der Waals surface area (Å²) in [6, 6.07) is -0.112. The van der Waals surface area contributed by atoms with E-state index >= 15 is 0 Å². The Kier molecular flexibility index (Phi) is 5.75. The Balaban J connectivity index is 1.52. The molecule has 0 bridgehead atoms. The molecule has 0 aliphatic heterocycles. The van der Waals surface area contributed by atoms with Crippen LogP contribution in [0.3, 0.4) is 0 Å². The van der Waals surface area contributed by atoms with Gasteiger partial charge in [0, 0.05) is 29.8 Å². The van der Waals surface area contributed by atoms with Crippen LogP contribution in [0.5, 0.6) is 0 Å². The van der Waals surface area contributed by atoms with Crippen LogP contribution in [-0.2, 0) is 16.2 Å². The van der Waals surface area contributed by atoms with Gasteiger partial charge in [0.15, 0.2) is 0 Å². The Bertz CT molecular complexity index is 690. The van der Waals surface area contributed by atoms with Gasteiger partial charge >= 0.3 is 0 Å². The molecule has 4 nitrogen and oxygen atoms in total. The molecule has 142 valence electrons. The average Bonchev–Trinajstić information content (AvgIpc) is 2.94. The lowest BCUT2D eigenvalue weighted by molar-refractivity contribution is -0.117. The standard InChI is InChI=1S/C20H27FN2O2S/c1-20(2,3)26(25)23-17-7-4-13(5-8-17)19(24)22-18-9-6-14-10-16(21)11-15(14)12-18/h4-7,12,16-18,23H,8-11H2,1-3H3,(H,22,24). The second kappa shape index (κ2) is 7.71. The molecule has 1 fully saturated rings. The Hall–Kier alpha value is -1.37.